The van der Waals surface area contributed by atoms with Gasteiger partial charge in [0.15, 0.2) is 11.0 Å². The van der Waals surface area contributed by atoms with E-state index in [1.807, 2.05) is 41.0 Å². The fraction of sp³-hybridized carbons (Fsp3) is 0.238. The van der Waals surface area contributed by atoms with Crippen LogP contribution < -0.4 is 10.6 Å². The van der Waals surface area contributed by atoms with Crippen LogP contribution in [0.25, 0.3) is 17.1 Å². The highest BCUT2D eigenvalue weighted by Crippen LogP contribution is 2.30. The van der Waals surface area contributed by atoms with Crippen LogP contribution in [-0.2, 0) is 4.79 Å². The Morgan fingerprint density at radius 1 is 1.03 bits per heavy atom. The SMILES string of the molecule is CNC(=O)NC(=O)C(C)Sc1nnc(-c2ccccc2)n1-c1ccc(C)c(C)c1. The molecule has 1 atom stereocenters. The maximum Gasteiger partial charge on any atom is 0.321 e. The maximum absolute atomic E-state index is 12.3. The minimum absolute atomic E-state index is 0.398. The largest absolute Gasteiger partial charge is 0.341 e. The molecule has 1 heterocycles. The van der Waals surface area contributed by atoms with Gasteiger partial charge in [-0.25, -0.2) is 4.79 Å². The summed E-state index contributed by atoms with van der Waals surface area (Å²) in [5.41, 5.74) is 4.18. The molecule has 0 fully saturated rings. The lowest BCUT2D eigenvalue weighted by molar-refractivity contribution is -0.119. The topological polar surface area (TPSA) is 88.9 Å². The van der Waals surface area contributed by atoms with Crippen molar-refractivity contribution in [3.63, 3.8) is 0 Å². The van der Waals surface area contributed by atoms with Gasteiger partial charge in [-0.2, -0.15) is 0 Å². The molecule has 0 saturated carbocycles. The molecular weight excluding hydrogens is 386 g/mol. The van der Waals surface area contributed by atoms with E-state index in [0.717, 1.165) is 16.8 Å². The number of imide groups is 1. The first-order valence-electron chi connectivity index (χ1n) is 9.18. The summed E-state index contributed by atoms with van der Waals surface area (Å²) in [5, 5.41) is 13.4. The predicted octanol–water partition coefficient (Wildman–Crippen LogP) is 3.49. The van der Waals surface area contributed by atoms with E-state index in [-0.39, 0.29) is 0 Å². The van der Waals surface area contributed by atoms with E-state index in [1.54, 1.807) is 6.92 Å². The highest BCUT2D eigenvalue weighted by molar-refractivity contribution is 8.00. The van der Waals surface area contributed by atoms with Gasteiger partial charge in [0.25, 0.3) is 0 Å². The molecule has 0 aliphatic rings. The number of aromatic nitrogens is 3. The van der Waals surface area contributed by atoms with Gasteiger partial charge in [-0.3, -0.25) is 14.7 Å². The molecule has 2 N–H and O–H groups in total. The molecule has 1 aromatic heterocycles. The maximum atomic E-state index is 12.3. The smallest absolute Gasteiger partial charge is 0.321 e. The van der Waals surface area contributed by atoms with Crippen LogP contribution in [0, 0.1) is 13.8 Å². The second-order valence-corrected chi connectivity index (χ2v) is 7.91. The second-order valence-electron chi connectivity index (χ2n) is 6.60. The number of aryl methyl sites for hydroxylation is 2. The van der Waals surface area contributed by atoms with Gasteiger partial charge in [0.05, 0.1) is 10.9 Å². The van der Waals surface area contributed by atoms with Crippen molar-refractivity contribution >= 4 is 23.7 Å². The van der Waals surface area contributed by atoms with Crippen LogP contribution in [0.3, 0.4) is 0 Å². The monoisotopic (exact) mass is 409 g/mol. The molecule has 2 aromatic carbocycles. The quantitative estimate of drug-likeness (QED) is 0.630. The third-order valence-corrected chi connectivity index (χ3v) is 5.57. The lowest BCUT2D eigenvalue weighted by atomic mass is 10.1. The first-order valence-corrected chi connectivity index (χ1v) is 10.1. The highest BCUT2D eigenvalue weighted by Gasteiger charge is 2.23. The minimum Gasteiger partial charge on any atom is -0.341 e. The Morgan fingerprint density at radius 2 is 1.76 bits per heavy atom. The molecule has 3 aromatic rings. The van der Waals surface area contributed by atoms with E-state index < -0.39 is 17.2 Å². The fourth-order valence-corrected chi connectivity index (χ4v) is 3.57. The Bertz CT molecular complexity index is 1030. The van der Waals surface area contributed by atoms with Crippen LogP contribution in [-0.4, -0.2) is 39.0 Å². The van der Waals surface area contributed by atoms with Gasteiger partial charge in [0.2, 0.25) is 5.91 Å². The summed E-state index contributed by atoms with van der Waals surface area (Å²) in [6, 6.07) is 15.4. The first-order chi connectivity index (χ1) is 13.9. The number of hydrogen-bond donors (Lipinski definition) is 2. The third-order valence-electron chi connectivity index (χ3n) is 4.53. The molecule has 0 spiro atoms. The molecule has 0 radical (unpaired) electrons. The molecule has 7 nitrogen and oxygen atoms in total. The molecule has 0 bridgehead atoms. The van der Waals surface area contributed by atoms with Crippen molar-refractivity contribution < 1.29 is 9.59 Å². The van der Waals surface area contributed by atoms with Crippen molar-refractivity contribution in [2.24, 2.45) is 0 Å². The van der Waals surface area contributed by atoms with Crippen LogP contribution in [0.5, 0.6) is 0 Å². The molecule has 0 aliphatic heterocycles. The number of amides is 3. The van der Waals surface area contributed by atoms with Gasteiger partial charge in [-0.15, -0.1) is 10.2 Å². The second kappa shape index (κ2) is 8.91. The van der Waals surface area contributed by atoms with Crippen molar-refractivity contribution in [2.45, 2.75) is 31.2 Å². The average Bonchev–Trinajstić information content (AvgIpc) is 3.14. The Kier molecular flexibility index (Phi) is 6.33. The van der Waals surface area contributed by atoms with Gasteiger partial charge in [0, 0.05) is 12.6 Å². The Labute approximate surface area is 173 Å². The molecule has 3 amide bonds. The van der Waals surface area contributed by atoms with Crippen LogP contribution >= 0.6 is 11.8 Å². The average molecular weight is 410 g/mol. The molecule has 8 heteroatoms. The van der Waals surface area contributed by atoms with Gasteiger partial charge in [0.1, 0.15) is 0 Å². The molecular formula is C21H23N5O2S. The van der Waals surface area contributed by atoms with Crippen molar-refractivity contribution in [1.82, 2.24) is 25.4 Å². The molecule has 29 heavy (non-hydrogen) atoms. The standard InChI is InChI=1S/C21H23N5O2S/c1-13-10-11-17(12-14(13)2)26-18(16-8-6-5-7-9-16)24-25-21(26)29-15(3)19(27)23-20(28)22-4/h5-12,15H,1-4H3,(H2,22,23,27,28). The molecule has 0 aliphatic carbocycles. The zero-order valence-corrected chi connectivity index (χ0v) is 17.6. The number of benzene rings is 2. The predicted molar refractivity (Wildman–Crippen MR) is 114 cm³/mol. The number of carbonyl (C=O) groups is 2. The zero-order chi connectivity index (χ0) is 21.0. The number of nitrogens with zero attached hydrogens (tertiary/aromatic N) is 3. The molecule has 3 rings (SSSR count). The van der Waals surface area contributed by atoms with Crippen molar-refractivity contribution in [1.29, 1.82) is 0 Å². The number of hydrogen-bond acceptors (Lipinski definition) is 5. The summed E-state index contributed by atoms with van der Waals surface area (Å²) in [5.74, 6) is 0.292. The summed E-state index contributed by atoms with van der Waals surface area (Å²) in [6.45, 7) is 5.84. The summed E-state index contributed by atoms with van der Waals surface area (Å²) < 4.78 is 1.94. The van der Waals surface area contributed by atoms with Crippen LogP contribution in [0.1, 0.15) is 18.1 Å². The Morgan fingerprint density at radius 3 is 2.41 bits per heavy atom. The molecule has 150 valence electrons. The summed E-state index contributed by atoms with van der Waals surface area (Å²) in [7, 11) is 1.46. The number of urea groups is 1. The minimum atomic E-state index is -0.539. The van der Waals surface area contributed by atoms with E-state index >= 15 is 0 Å². The summed E-state index contributed by atoms with van der Waals surface area (Å²) in [6.07, 6.45) is 0. The van der Waals surface area contributed by atoms with Crippen LogP contribution in [0.15, 0.2) is 53.7 Å². The van der Waals surface area contributed by atoms with Gasteiger partial charge >= 0.3 is 6.03 Å². The molecule has 1 unspecified atom stereocenters. The van der Waals surface area contributed by atoms with E-state index in [9.17, 15) is 9.59 Å². The lowest BCUT2D eigenvalue weighted by Crippen LogP contribution is -2.41. The van der Waals surface area contributed by atoms with E-state index in [1.165, 1.54) is 24.4 Å². The number of nitrogens with one attached hydrogen (secondary N) is 2. The summed E-state index contributed by atoms with van der Waals surface area (Å²) >= 11 is 1.25. The van der Waals surface area contributed by atoms with E-state index in [4.69, 9.17) is 0 Å². The Balaban J connectivity index is 2.01. The highest BCUT2D eigenvalue weighted by atomic mass is 32.2. The number of carbonyl (C=O) groups excluding carboxylic acids is 2. The van der Waals surface area contributed by atoms with Crippen molar-refractivity contribution in [2.75, 3.05) is 7.05 Å². The van der Waals surface area contributed by atoms with E-state index in [2.05, 4.69) is 46.8 Å². The third kappa shape index (κ3) is 4.65. The normalized spacial score (nSPS) is 11.7. The number of rotatable bonds is 5. The van der Waals surface area contributed by atoms with Crippen LogP contribution in [0.2, 0.25) is 0 Å². The fourth-order valence-electron chi connectivity index (χ4n) is 2.71. The van der Waals surface area contributed by atoms with Gasteiger partial charge in [-0.05, 0) is 44.0 Å². The van der Waals surface area contributed by atoms with Crippen molar-refractivity contribution in [3.8, 4) is 17.1 Å². The van der Waals surface area contributed by atoms with E-state index in [0.29, 0.717) is 11.0 Å². The summed E-state index contributed by atoms with van der Waals surface area (Å²) in [4.78, 5) is 23.7. The van der Waals surface area contributed by atoms with Crippen molar-refractivity contribution in [3.05, 3.63) is 59.7 Å². The molecule has 0 saturated heterocycles. The zero-order valence-electron chi connectivity index (χ0n) is 16.8. The Hall–Kier alpha value is -3.13. The number of thioether (sulfide) groups is 1. The first kappa shape index (κ1) is 20.6. The van der Waals surface area contributed by atoms with Gasteiger partial charge < -0.3 is 5.32 Å². The van der Waals surface area contributed by atoms with Gasteiger partial charge in [-0.1, -0.05) is 48.2 Å². The van der Waals surface area contributed by atoms with Crippen LogP contribution in [0.4, 0.5) is 4.79 Å². The lowest BCUT2D eigenvalue weighted by Gasteiger charge is -2.14.